The SMILES string of the molecule is CCC(C)c1ccc(CCNCCC(C)CN)cc1. The van der Waals surface area contributed by atoms with Gasteiger partial charge in [-0.2, -0.15) is 0 Å². The molecule has 3 N–H and O–H groups in total. The second-order valence-electron chi connectivity index (χ2n) is 5.68. The first-order valence-corrected chi connectivity index (χ1v) is 7.67. The fourth-order valence-electron chi connectivity index (χ4n) is 2.07. The predicted molar refractivity (Wildman–Crippen MR) is 84.6 cm³/mol. The van der Waals surface area contributed by atoms with Crippen molar-refractivity contribution in [2.24, 2.45) is 11.7 Å². The summed E-state index contributed by atoms with van der Waals surface area (Å²) in [4.78, 5) is 0. The summed E-state index contributed by atoms with van der Waals surface area (Å²) in [6, 6.07) is 9.09. The third-order valence-corrected chi connectivity index (χ3v) is 3.97. The highest BCUT2D eigenvalue weighted by Crippen LogP contribution is 2.18. The maximum absolute atomic E-state index is 5.60. The molecule has 0 aromatic heterocycles. The second-order valence-corrected chi connectivity index (χ2v) is 5.68. The molecular formula is C17H30N2. The van der Waals surface area contributed by atoms with Gasteiger partial charge in [0.05, 0.1) is 0 Å². The minimum Gasteiger partial charge on any atom is -0.330 e. The monoisotopic (exact) mass is 262 g/mol. The van der Waals surface area contributed by atoms with E-state index >= 15 is 0 Å². The van der Waals surface area contributed by atoms with E-state index in [1.165, 1.54) is 24.0 Å². The molecule has 1 aromatic rings. The zero-order chi connectivity index (χ0) is 14.1. The topological polar surface area (TPSA) is 38.0 Å². The lowest BCUT2D eigenvalue weighted by atomic mass is 9.97. The van der Waals surface area contributed by atoms with E-state index in [0.29, 0.717) is 11.8 Å². The molecule has 0 saturated carbocycles. The summed E-state index contributed by atoms with van der Waals surface area (Å²) in [5, 5.41) is 3.49. The van der Waals surface area contributed by atoms with Gasteiger partial charge in [0.1, 0.15) is 0 Å². The molecule has 0 heterocycles. The van der Waals surface area contributed by atoms with Crippen molar-refractivity contribution in [3.05, 3.63) is 35.4 Å². The minimum atomic E-state index is 0.627. The van der Waals surface area contributed by atoms with Crippen LogP contribution >= 0.6 is 0 Å². The number of hydrogen-bond donors (Lipinski definition) is 2. The minimum absolute atomic E-state index is 0.627. The van der Waals surface area contributed by atoms with E-state index in [4.69, 9.17) is 5.73 Å². The molecule has 0 bridgehead atoms. The van der Waals surface area contributed by atoms with Gasteiger partial charge in [0.25, 0.3) is 0 Å². The lowest BCUT2D eigenvalue weighted by Crippen LogP contribution is -2.22. The molecular weight excluding hydrogens is 232 g/mol. The second kappa shape index (κ2) is 9.11. The van der Waals surface area contributed by atoms with Crippen molar-refractivity contribution < 1.29 is 0 Å². The molecule has 0 saturated heterocycles. The molecule has 2 nitrogen and oxygen atoms in total. The van der Waals surface area contributed by atoms with Crippen molar-refractivity contribution in [2.75, 3.05) is 19.6 Å². The number of benzene rings is 1. The molecule has 2 heteroatoms. The first-order valence-electron chi connectivity index (χ1n) is 7.67. The van der Waals surface area contributed by atoms with Crippen molar-refractivity contribution in [2.45, 2.75) is 46.0 Å². The van der Waals surface area contributed by atoms with Crippen LogP contribution in [0.3, 0.4) is 0 Å². The molecule has 19 heavy (non-hydrogen) atoms. The fourth-order valence-corrected chi connectivity index (χ4v) is 2.07. The van der Waals surface area contributed by atoms with Gasteiger partial charge in [-0.1, -0.05) is 45.0 Å². The van der Waals surface area contributed by atoms with Crippen molar-refractivity contribution in [1.29, 1.82) is 0 Å². The van der Waals surface area contributed by atoms with Crippen LogP contribution in [0.1, 0.15) is 50.7 Å². The summed E-state index contributed by atoms with van der Waals surface area (Å²) in [5.41, 5.74) is 8.48. The molecule has 2 atom stereocenters. The molecule has 0 radical (unpaired) electrons. The maximum atomic E-state index is 5.60. The Balaban J connectivity index is 2.23. The molecule has 108 valence electrons. The van der Waals surface area contributed by atoms with E-state index in [9.17, 15) is 0 Å². The lowest BCUT2D eigenvalue weighted by Gasteiger charge is -2.11. The summed E-state index contributed by atoms with van der Waals surface area (Å²) < 4.78 is 0. The van der Waals surface area contributed by atoms with Crippen LogP contribution in [0.15, 0.2) is 24.3 Å². The third-order valence-electron chi connectivity index (χ3n) is 3.97. The van der Waals surface area contributed by atoms with Gasteiger partial charge in [0.2, 0.25) is 0 Å². The van der Waals surface area contributed by atoms with Gasteiger partial charge in [0.15, 0.2) is 0 Å². The zero-order valence-corrected chi connectivity index (χ0v) is 12.8. The first-order chi connectivity index (χ1) is 9.17. The Morgan fingerprint density at radius 3 is 2.37 bits per heavy atom. The van der Waals surface area contributed by atoms with E-state index in [-0.39, 0.29) is 0 Å². The van der Waals surface area contributed by atoms with Crippen LogP contribution in [0.5, 0.6) is 0 Å². The van der Waals surface area contributed by atoms with Gasteiger partial charge in [-0.25, -0.2) is 0 Å². The molecule has 1 aromatic carbocycles. The molecule has 2 unspecified atom stereocenters. The lowest BCUT2D eigenvalue weighted by molar-refractivity contribution is 0.511. The summed E-state index contributed by atoms with van der Waals surface area (Å²) >= 11 is 0. The average Bonchev–Trinajstić information content (AvgIpc) is 2.46. The number of hydrogen-bond acceptors (Lipinski definition) is 2. The number of nitrogens with two attached hydrogens (primary N) is 1. The normalized spacial score (nSPS) is 14.3. The van der Waals surface area contributed by atoms with Crippen LogP contribution in [-0.2, 0) is 6.42 Å². The Morgan fingerprint density at radius 1 is 1.11 bits per heavy atom. The van der Waals surface area contributed by atoms with Gasteiger partial charge < -0.3 is 11.1 Å². The third kappa shape index (κ3) is 6.22. The van der Waals surface area contributed by atoms with Crippen LogP contribution in [0.25, 0.3) is 0 Å². The van der Waals surface area contributed by atoms with Crippen LogP contribution in [-0.4, -0.2) is 19.6 Å². The van der Waals surface area contributed by atoms with E-state index in [0.717, 1.165) is 26.1 Å². The Kier molecular flexibility index (Phi) is 7.76. The fraction of sp³-hybridized carbons (Fsp3) is 0.647. The molecule has 0 amide bonds. The van der Waals surface area contributed by atoms with Crippen molar-refractivity contribution >= 4 is 0 Å². The summed E-state index contributed by atoms with van der Waals surface area (Å²) in [7, 11) is 0. The number of nitrogens with one attached hydrogen (secondary N) is 1. The standard InChI is InChI=1S/C17H30N2/c1-4-15(3)17-7-5-16(6-8-17)10-12-19-11-9-14(2)13-18/h5-8,14-15,19H,4,9-13,18H2,1-3H3. The van der Waals surface area contributed by atoms with Gasteiger partial charge in [-0.05, 0) is 61.9 Å². The van der Waals surface area contributed by atoms with Gasteiger partial charge in [0, 0.05) is 0 Å². The zero-order valence-electron chi connectivity index (χ0n) is 12.8. The maximum Gasteiger partial charge on any atom is -0.000835 e. The quantitative estimate of drug-likeness (QED) is 0.670. The van der Waals surface area contributed by atoms with Crippen LogP contribution in [0.2, 0.25) is 0 Å². The van der Waals surface area contributed by atoms with Crippen molar-refractivity contribution in [3.8, 4) is 0 Å². The van der Waals surface area contributed by atoms with Gasteiger partial charge in [-0.3, -0.25) is 0 Å². The van der Waals surface area contributed by atoms with E-state index in [1.807, 2.05) is 0 Å². The molecule has 0 aliphatic carbocycles. The van der Waals surface area contributed by atoms with Crippen molar-refractivity contribution in [3.63, 3.8) is 0 Å². The van der Waals surface area contributed by atoms with E-state index in [2.05, 4.69) is 50.4 Å². The first kappa shape index (κ1) is 16.2. The van der Waals surface area contributed by atoms with Crippen LogP contribution < -0.4 is 11.1 Å². The number of rotatable bonds is 9. The summed E-state index contributed by atoms with van der Waals surface area (Å²) in [5.74, 6) is 1.30. The highest BCUT2D eigenvalue weighted by Gasteiger charge is 2.02. The van der Waals surface area contributed by atoms with Crippen LogP contribution in [0, 0.1) is 5.92 Å². The van der Waals surface area contributed by atoms with Crippen molar-refractivity contribution in [1.82, 2.24) is 5.32 Å². The molecule has 0 aliphatic rings. The van der Waals surface area contributed by atoms with E-state index in [1.54, 1.807) is 0 Å². The Labute approximate surface area is 118 Å². The molecule has 1 rings (SSSR count). The predicted octanol–water partition coefficient (Wildman–Crippen LogP) is 3.32. The van der Waals surface area contributed by atoms with E-state index < -0.39 is 0 Å². The molecule has 0 aliphatic heterocycles. The summed E-state index contributed by atoms with van der Waals surface area (Å²) in [6.45, 7) is 9.65. The molecule has 0 fully saturated rings. The largest absolute Gasteiger partial charge is 0.330 e. The highest BCUT2D eigenvalue weighted by molar-refractivity contribution is 5.25. The smallest absolute Gasteiger partial charge is 0.000835 e. The molecule has 0 spiro atoms. The van der Waals surface area contributed by atoms with Crippen LogP contribution in [0.4, 0.5) is 0 Å². The highest BCUT2D eigenvalue weighted by atomic mass is 14.8. The average molecular weight is 262 g/mol. The van der Waals surface area contributed by atoms with Gasteiger partial charge >= 0.3 is 0 Å². The van der Waals surface area contributed by atoms with Gasteiger partial charge in [-0.15, -0.1) is 0 Å². The Morgan fingerprint density at radius 2 is 1.79 bits per heavy atom. The Bertz CT molecular complexity index is 332. The Hall–Kier alpha value is -0.860. The summed E-state index contributed by atoms with van der Waals surface area (Å²) in [6.07, 6.45) is 3.49.